The van der Waals surface area contributed by atoms with Gasteiger partial charge in [0.15, 0.2) is 0 Å². The van der Waals surface area contributed by atoms with Gasteiger partial charge in [-0.25, -0.2) is 0 Å². The van der Waals surface area contributed by atoms with Crippen molar-refractivity contribution in [1.82, 2.24) is 0 Å². The van der Waals surface area contributed by atoms with Crippen LogP contribution < -0.4 is 61.2 Å². The van der Waals surface area contributed by atoms with E-state index in [-0.39, 0.29) is 62.8 Å². The van der Waals surface area contributed by atoms with Crippen molar-refractivity contribution in [3.8, 4) is 5.75 Å². The first kappa shape index (κ1) is 14.5. The number of rotatable bonds is 4. The molecule has 0 saturated heterocycles. The van der Waals surface area contributed by atoms with Gasteiger partial charge in [0, 0.05) is 6.07 Å². The van der Waals surface area contributed by atoms with Crippen LogP contribution in [-0.4, -0.2) is 17.5 Å². The van der Waals surface area contributed by atoms with E-state index in [1.54, 1.807) is 0 Å². The van der Waals surface area contributed by atoms with Crippen LogP contribution in [-0.2, 0) is 4.79 Å². The van der Waals surface area contributed by atoms with Crippen LogP contribution in [0.2, 0.25) is 0 Å². The normalized spacial score (nSPS) is 8.80. The molecular weight excluding hydrogens is 229 g/mol. The van der Waals surface area contributed by atoms with Crippen molar-refractivity contribution >= 4 is 11.7 Å². The summed E-state index contributed by atoms with van der Waals surface area (Å²) < 4.78 is 4.69. The number of benzene rings is 1. The van der Waals surface area contributed by atoms with Crippen molar-refractivity contribution in [3.05, 3.63) is 34.4 Å². The molecule has 0 saturated carbocycles. The van der Waals surface area contributed by atoms with Gasteiger partial charge in [0.2, 0.25) is 0 Å². The zero-order valence-electron chi connectivity index (χ0n) is 8.00. The van der Waals surface area contributed by atoms with Gasteiger partial charge in [-0.1, -0.05) is 6.07 Å². The molecule has 15 heavy (non-hydrogen) atoms. The van der Waals surface area contributed by atoms with Gasteiger partial charge in [-0.3, -0.25) is 10.1 Å². The zero-order chi connectivity index (χ0) is 10.6. The van der Waals surface area contributed by atoms with Crippen LogP contribution in [0.15, 0.2) is 24.3 Å². The minimum atomic E-state index is -1.38. The van der Waals surface area contributed by atoms with Crippen molar-refractivity contribution in [3.63, 3.8) is 0 Å². The number of carbonyl (C=O) groups excluding carboxylic acids is 1. The first-order valence-corrected chi connectivity index (χ1v) is 3.66. The van der Waals surface area contributed by atoms with Crippen molar-refractivity contribution < 1.29 is 70.9 Å². The Morgan fingerprint density at radius 1 is 1.47 bits per heavy atom. The Balaban J connectivity index is 0.00000196. The fourth-order valence-electron chi connectivity index (χ4n) is 0.829. The van der Waals surface area contributed by atoms with Crippen LogP contribution in [0.5, 0.6) is 5.75 Å². The predicted octanol–water partition coefficient (Wildman–Crippen LogP) is -3.27. The number of aliphatic carboxylic acids is 1. The maximum Gasteiger partial charge on any atom is 1.00 e. The van der Waals surface area contributed by atoms with Crippen LogP contribution in [0.3, 0.4) is 0 Å². The number of nitro benzene ring substituents is 1. The Bertz CT molecular complexity index is 368. The summed E-state index contributed by atoms with van der Waals surface area (Å²) >= 11 is 0. The maximum atomic E-state index is 10.3. The molecule has 0 aliphatic rings. The number of hydrogen-bond donors (Lipinski definition) is 0. The monoisotopic (exact) mass is 235 g/mol. The van der Waals surface area contributed by atoms with Crippen LogP contribution in [0, 0.1) is 10.1 Å². The second-order valence-electron chi connectivity index (χ2n) is 2.42. The molecule has 0 heterocycles. The molecule has 1 aromatic carbocycles. The van der Waals surface area contributed by atoms with E-state index in [9.17, 15) is 20.0 Å². The van der Waals surface area contributed by atoms with Crippen LogP contribution in [0.4, 0.5) is 5.69 Å². The Kier molecular flexibility index (Phi) is 6.69. The number of nitro groups is 1. The van der Waals surface area contributed by atoms with Gasteiger partial charge < -0.3 is 14.6 Å². The summed E-state index contributed by atoms with van der Waals surface area (Å²) in [5, 5.41) is 20.3. The van der Waals surface area contributed by atoms with Gasteiger partial charge >= 0.3 is 51.4 Å². The summed E-state index contributed by atoms with van der Waals surface area (Å²) in [4.78, 5) is 19.7. The third-order valence-corrected chi connectivity index (χ3v) is 1.39. The Labute approximate surface area is 128 Å². The van der Waals surface area contributed by atoms with E-state index >= 15 is 0 Å². The topological polar surface area (TPSA) is 92.5 Å². The fraction of sp³-hybridized carbons (Fsp3) is 0.125. The van der Waals surface area contributed by atoms with Crippen molar-refractivity contribution in [2.24, 2.45) is 0 Å². The molecule has 74 valence electrons. The van der Waals surface area contributed by atoms with Gasteiger partial charge in [-0.05, 0) is 6.07 Å². The molecule has 7 heteroatoms. The molecule has 0 unspecified atom stereocenters. The molecule has 0 spiro atoms. The summed E-state index contributed by atoms with van der Waals surface area (Å²) in [6, 6.07) is 5.26. The number of nitrogens with zero attached hydrogens (tertiary/aromatic N) is 1. The number of carbonyl (C=O) groups is 1. The first-order valence-electron chi connectivity index (χ1n) is 3.66. The van der Waals surface area contributed by atoms with Crippen molar-refractivity contribution in [1.29, 1.82) is 0 Å². The zero-order valence-corrected chi connectivity index (χ0v) is 11.1. The quantitative estimate of drug-likeness (QED) is 0.310. The molecule has 0 aliphatic carbocycles. The molecule has 0 N–H and O–H groups in total. The first-order chi connectivity index (χ1) is 6.59. The summed E-state index contributed by atoms with van der Waals surface area (Å²) in [7, 11) is 0. The van der Waals surface area contributed by atoms with E-state index < -0.39 is 17.5 Å². The Hall–Kier alpha value is -0.474. The second kappa shape index (κ2) is 6.91. The molecule has 0 aromatic heterocycles. The molecule has 0 radical (unpaired) electrons. The molecule has 6 nitrogen and oxygen atoms in total. The fourth-order valence-corrected chi connectivity index (χ4v) is 0.829. The number of carboxylic acid groups (broad SMARTS) is 1. The standard InChI is InChI=1S/C8H7NO5.K/c10-8(11)5-14-7-3-1-2-6(4-7)9(12)13;/h1-4H,5H2,(H,10,11);/q;+1/p-1. The minimum absolute atomic E-state index is 0. The van der Waals surface area contributed by atoms with Crippen molar-refractivity contribution in [2.45, 2.75) is 0 Å². The van der Waals surface area contributed by atoms with Gasteiger partial charge in [0.1, 0.15) is 12.4 Å². The maximum absolute atomic E-state index is 10.3. The number of non-ortho nitro benzene ring substituents is 1. The van der Waals surface area contributed by atoms with Crippen LogP contribution in [0.1, 0.15) is 0 Å². The number of hydrogen-bond acceptors (Lipinski definition) is 5. The van der Waals surface area contributed by atoms with E-state index in [2.05, 4.69) is 0 Å². The number of carboxylic acids is 1. The average Bonchev–Trinajstić information content (AvgIpc) is 2.15. The third-order valence-electron chi connectivity index (χ3n) is 1.39. The third kappa shape index (κ3) is 5.24. The van der Waals surface area contributed by atoms with Crippen LogP contribution >= 0.6 is 0 Å². The van der Waals surface area contributed by atoms with Gasteiger partial charge in [-0.2, -0.15) is 0 Å². The smallest absolute Gasteiger partial charge is 0.546 e. The van der Waals surface area contributed by atoms with E-state index in [0.717, 1.165) is 6.07 Å². The molecule has 1 rings (SSSR count). The van der Waals surface area contributed by atoms with E-state index in [1.807, 2.05) is 0 Å². The summed E-state index contributed by atoms with van der Waals surface area (Å²) in [6.07, 6.45) is 0. The van der Waals surface area contributed by atoms with E-state index in [1.165, 1.54) is 18.2 Å². The molecule has 0 aliphatic heterocycles. The largest absolute Gasteiger partial charge is 1.00 e. The predicted molar refractivity (Wildman–Crippen MR) is 43.6 cm³/mol. The Morgan fingerprint density at radius 3 is 2.67 bits per heavy atom. The summed E-state index contributed by atoms with van der Waals surface area (Å²) in [5.74, 6) is -1.25. The van der Waals surface area contributed by atoms with Crippen molar-refractivity contribution in [2.75, 3.05) is 6.61 Å². The van der Waals surface area contributed by atoms with E-state index in [0.29, 0.717) is 0 Å². The second-order valence-corrected chi connectivity index (χ2v) is 2.42. The SMILES string of the molecule is O=C([O-])COc1cccc([N+](=O)[O-])c1.[K+]. The summed E-state index contributed by atoms with van der Waals surface area (Å²) in [6.45, 7) is -0.624. The van der Waals surface area contributed by atoms with Gasteiger partial charge in [-0.15, -0.1) is 0 Å². The minimum Gasteiger partial charge on any atom is -0.546 e. The molecule has 0 bridgehead atoms. The van der Waals surface area contributed by atoms with E-state index in [4.69, 9.17) is 4.74 Å². The van der Waals surface area contributed by atoms with Crippen LogP contribution in [0.25, 0.3) is 0 Å². The number of ether oxygens (including phenoxy) is 1. The van der Waals surface area contributed by atoms with Gasteiger partial charge in [0.05, 0.1) is 17.0 Å². The molecule has 0 fully saturated rings. The molecular formula is C8H6KNO5. The molecule has 1 aromatic rings. The average molecular weight is 235 g/mol. The Morgan fingerprint density at radius 2 is 2.13 bits per heavy atom. The molecule has 0 atom stereocenters. The summed E-state index contributed by atoms with van der Waals surface area (Å²) in [5.41, 5.74) is -0.152. The van der Waals surface area contributed by atoms with Gasteiger partial charge in [0.25, 0.3) is 5.69 Å². The molecule has 0 amide bonds.